The van der Waals surface area contributed by atoms with E-state index in [-0.39, 0.29) is 18.5 Å². The minimum absolute atomic E-state index is 0.0616. The van der Waals surface area contributed by atoms with Crippen LogP contribution in [0.15, 0.2) is 0 Å². The monoisotopic (exact) mass is 199 g/mol. The molecule has 0 atom stereocenters. The van der Waals surface area contributed by atoms with Gasteiger partial charge in [0.25, 0.3) is 0 Å². The first-order valence-corrected chi connectivity index (χ1v) is 5.03. The molecule has 0 saturated heterocycles. The first kappa shape index (κ1) is 10.8. The lowest BCUT2D eigenvalue weighted by atomic mass is 10.5. The van der Waals surface area contributed by atoms with Gasteiger partial charge in [-0.3, -0.25) is 4.79 Å². The quantitative estimate of drug-likeness (QED) is 0.582. The summed E-state index contributed by atoms with van der Waals surface area (Å²) >= 11 is 0. The van der Waals surface area contributed by atoms with Gasteiger partial charge in [-0.2, -0.15) is 0 Å². The number of amides is 3. The Bertz CT molecular complexity index is 214. The van der Waals surface area contributed by atoms with Crippen LogP contribution in [0.4, 0.5) is 4.79 Å². The molecule has 0 heterocycles. The largest absolute Gasteiger partial charge is 0.352 e. The molecule has 0 bridgehead atoms. The summed E-state index contributed by atoms with van der Waals surface area (Å²) in [5, 5.41) is 7.90. The maximum atomic E-state index is 11.1. The molecular formula is C9H17N3O2. The van der Waals surface area contributed by atoms with Crippen LogP contribution in [0.2, 0.25) is 0 Å². The minimum atomic E-state index is -0.280. The minimum Gasteiger partial charge on any atom is -0.352 e. The summed E-state index contributed by atoms with van der Waals surface area (Å²) in [6.07, 6.45) is 3.02. The van der Waals surface area contributed by atoms with E-state index in [0.29, 0.717) is 12.6 Å². The molecule has 3 amide bonds. The second kappa shape index (κ2) is 5.47. The maximum Gasteiger partial charge on any atom is 0.315 e. The van der Waals surface area contributed by atoms with E-state index in [0.717, 1.165) is 19.3 Å². The summed E-state index contributed by atoms with van der Waals surface area (Å²) in [5.41, 5.74) is 0. The fourth-order valence-corrected chi connectivity index (χ4v) is 0.968. The van der Waals surface area contributed by atoms with Crippen molar-refractivity contribution < 1.29 is 9.59 Å². The molecule has 1 aliphatic carbocycles. The smallest absolute Gasteiger partial charge is 0.315 e. The third-order valence-electron chi connectivity index (χ3n) is 1.89. The van der Waals surface area contributed by atoms with Crippen LogP contribution < -0.4 is 16.0 Å². The van der Waals surface area contributed by atoms with Gasteiger partial charge in [0.1, 0.15) is 0 Å². The molecule has 1 aliphatic rings. The van der Waals surface area contributed by atoms with Crippen LogP contribution in [0.1, 0.15) is 26.2 Å². The van der Waals surface area contributed by atoms with Crippen LogP contribution >= 0.6 is 0 Å². The van der Waals surface area contributed by atoms with Crippen LogP contribution in [0.5, 0.6) is 0 Å². The van der Waals surface area contributed by atoms with E-state index in [2.05, 4.69) is 16.0 Å². The molecule has 0 aliphatic heterocycles. The number of carbonyl (C=O) groups is 2. The zero-order valence-electron chi connectivity index (χ0n) is 8.43. The molecule has 0 aromatic heterocycles. The summed E-state index contributed by atoms with van der Waals surface area (Å²) in [6.45, 7) is 2.67. The predicted octanol–water partition coefficient (Wildman–Crippen LogP) is -0.0258. The highest BCUT2D eigenvalue weighted by Gasteiger charge is 2.22. The highest BCUT2D eigenvalue weighted by atomic mass is 16.2. The number of nitrogens with one attached hydrogen (secondary N) is 3. The van der Waals surface area contributed by atoms with Crippen LogP contribution in [-0.2, 0) is 4.79 Å². The van der Waals surface area contributed by atoms with Gasteiger partial charge in [0, 0.05) is 12.6 Å². The molecule has 0 aromatic carbocycles. The van der Waals surface area contributed by atoms with Crippen LogP contribution in [0.25, 0.3) is 0 Å². The van der Waals surface area contributed by atoms with E-state index in [1.165, 1.54) is 0 Å². The molecule has 80 valence electrons. The van der Waals surface area contributed by atoms with Crippen molar-refractivity contribution >= 4 is 11.9 Å². The Morgan fingerprint density at radius 2 is 2.00 bits per heavy atom. The Morgan fingerprint density at radius 1 is 1.29 bits per heavy atom. The zero-order valence-corrected chi connectivity index (χ0v) is 8.43. The third-order valence-corrected chi connectivity index (χ3v) is 1.89. The SMILES string of the molecule is CCCNC(=O)NCC(=O)NC1CC1. The summed E-state index contributed by atoms with van der Waals surface area (Å²) < 4.78 is 0. The zero-order chi connectivity index (χ0) is 10.4. The van der Waals surface area contributed by atoms with Gasteiger partial charge in [0.05, 0.1) is 6.54 Å². The molecule has 0 radical (unpaired) electrons. The molecule has 5 heteroatoms. The van der Waals surface area contributed by atoms with Gasteiger partial charge in [-0.25, -0.2) is 4.79 Å². The molecular weight excluding hydrogens is 182 g/mol. The highest BCUT2D eigenvalue weighted by Crippen LogP contribution is 2.17. The van der Waals surface area contributed by atoms with E-state index in [1.54, 1.807) is 0 Å². The molecule has 0 unspecified atom stereocenters. The highest BCUT2D eigenvalue weighted by molar-refractivity contribution is 5.84. The summed E-state index contributed by atoms with van der Waals surface area (Å²) in [4.78, 5) is 22.1. The molecule has 0 spiro atoms. The number of urea groups is 1. The van der Waals surface area contributed by atoms with Crippen molar-refractivity contribution in [2.45, 2.75) is 32.2 Å². The second-order valence-corrected chi connectivity index (χ2v) is 3.45. The van der Waals surface area contributed by atoms with Crippen molar-refractivity contribution in [2.24, 2.45) is 0 Å². The van der Waals surface area contributed by atoms with Gasteiger partial charge in [-0.15, -0.1) is 0 Å². The van der Waals surface area contributed by atoms with Crippen molar-refractivity contribution in [3.63, 3.8) is 0 Å². The van der Waals surface area contributed by atoms with Gasteiger partial charge in [0.2, 0.25) is 5.91 Å². The number of hydrogen-bond donors (Lipinski definition) is 3. The Labute approximate surface area is 83.6 Å². The third kappa shape index (κ3) is 4.69. The lowest BCUT2D eigenvalue weighted by Crippen LogP contribution is -2.42. The maximum absolute atomic E-state index is 11.1. The van der Waals surface area contributed by atoms with Crippen molar-refractivity contribution in [2.75, 3.05) is 13.1 Å². The van der Waals surface area contributed by atoms with Crippen molar-refractivity contribution in [1.29, 1.82) is 0 Å². The Morgan fingerprint density at radius 3 is 2.57 bits per heavy atom. The summed E-state index contributed by atoms with van der Waals surface area (Å²) in [7, 11) is 0. The fraction of sp³-hybridized carbons (Fsp3) is 0.778. The van der Waals surface area contributed by atoms with E-state index in [9.17, 15) is 9.59 Å². The van der Waals surface area contributed by atoms with Crippen molar-refractivity contribution in [3.05, 3.63) is 0 Å². The topological polar surface area (TPSA) is 70.2 Å². The Balaban J connectivity index is 2.00. The molecule has 14 heavy (non-hydrogen) atoms. The summed E-state index contributed by atoms with van der Waals surface area (Å²) in [5.74, 6) is -0.112. The Kier molecular flexibility index (Phi) is 4.22. The van der Waals surface area contributed by atoms with E-state index in [4.69, 9.17) is 0 Å². The summed E-state index contributed by atoms with van der Waals surface area (Å²) in [6, 6.07) is 0.0702. The first-order valence-electron chi connectivity index (χ1n) is 5.03. The van der Waals surface area contributed by atoms with Gasteiger partial charge >= 0.3 is 6.03 Å². The van der Waals surface area contributed by atoms with Crippen LogP contribution in [0, 0.1) is 0 Å². The lowest BCUT2D eigenvalue weighted by molar-refractivity contribution is -0.120. The van der Waals surface area contributed by atoms with Crippen LogP contribution in [-0.4, -0.2) is 31.1 Å². The molecule has 3 N–H and O–H groups in total. The number of carbonyl (C=O) groups excluding carboxylic acids is 2. The standard InChI is InChI=1S/C9H17N3O2/c1-2-5-10-9(14)11-6-8(13)12-7-3-4-7/h7H,2-6H2,1H3,(H,12,13)(H2,10,11,14). The van der Waals surface area contributed by atoms with Crippen molar-refractivity contribution in [1.82, 2.24) is 16.0 Å². The van der Waals surface area contributed by atoms with Crippen molar-refractivity contribution in [3.8, 4) is 0 Å². The average Bonchev–Trinajstić information content (AvgIpc) is 2.95. The number of rotatable bonds is 5. The lowest BCUT2D eigenvalue weighted by Gasteiger charge is -2.06. The number of hydrogen-bond acceptors (Lipinski definition) is 2. The van der Waals surface area contributed by atoms with Crippen LogP contribution in [0.3, 0.4) is 0 Å². The van der Waals surface area contributed by atoms with Gasteiger partial charge in [0.15, 0.2) is 0 Å². The molecule has 1 rings (SSSR count). The average molecular weight is 199 g/mol. The first-order chi connectivity index (χ1) is 6.72. The Hall–Kier alpha value is -1.26. The predicted molar refractivity (Wildman–Crippen MR) is 52.9 cm³/mol. The van der Waals surface area contributed by atoms with Gasteiger partial charge < -0.3 is 16.0 Å². The van der Waals surface area contributed by atoms with Gasteiger partial charge in [-0.1, -0.05) is 6.92 Å². The molecule has 1 saturated carbocycles. The fourth-order valence-electron chi connectivity index (χ4n) is 0.968. The van der Waals surface area contributed by atoms with E-state index in [1.807, 2.05) is 6.92 Å². The normalized spacial score (nSPS) is 14.6. The van der Waals surface area contributed by atoms with E-state index < -0.39 is 0 Å². The van der Waals surface area contributed by atoms with Gasteiger partial charge in [-0.05, 0) is 19.3 Å². The van der Waals surface area contributed by atoms with E-state index >= 15 is 0 Å². The molecule has 5 nitrogen and oxygen atoms in total. The molecule has 1 fully saturated rings. The molecule has 0 aromatic rings. The second-order valence-electron chi connectivity index (χ2n) is 3.45.